The molecule has 1 N–H and O–H groups in total. The predicted molar refractivity (Wildman–Crippen MR) is 111 cm³/mol. The number of rotatable bonds is 1. The summed E-state index contributed by atoms with van der Waals surface area (Å²) in [4.78, 5) is 14.3. The van der Waals surface area contributed by atoms with Crippen molar-refractivity contribution >= 4 is 21.8 Å². The molecule has 0 unspecified atom stereocenters. The lowest BCUT2D eigenvalue weighted by Gasteiger charge is -2.62. The van der Waals surface area contributed by atoms with Gasteiger partial charge >= 0.3 is 0 Å². The first-order valence-electron chi connectivity index (χ1n) is 10.8. The van der Waals surface area contributed by atoms with Gasteiger partial charge in [-0.15, -0.1) is 0 Å². The number of alkyl halides is 1. The third-order valence-corrected chi connectivity index (χ3v) is 9.62. The van der Waals surface area contributed by atoms with Crippen LogP contribution in [-0.4, -0.2) is 39.9 Å². The Kier molecular flexibility index (Phi) is 4.96. The van der Waals surface area contributed by atoms with Gasteiger partial charge in [0.15, 0.2) is 0 Å². The van der Waals surface area contributed by atoms with Crippen LogP contribution in [0.5, 0.6) is 0 Å². The first-order valence-corrected chi connectivity index (χ1v) is 11.9. The molecule has 1 aliphatic heterocycles. The number of aliphatic hydroxyl groups is 1. The van der Waals surface area contributed by atoms with Gasteiger partial charge in [-0.25, -0.2) is 0 Å². The van der Waals surface area contributed by atoms with Gasteiger partial charge in [-0.05, 0) is 68.1 Å². The second-order valence-corrected chi connectivity index (χ2v) is 10.9. The summed E-state index contributed by atoms with van der Waals surface area (Å²) in [6.07, 6.45) is 9.05. The van der Waals surface area contributed by atoms with Gasteiger partial charge in [0.05, 0.1) is 0 Å². The molecule has 4 fully saturated rings. The van der Waals surface area contributed by atoms with Crippen molar-refractivity contribution in [2.45, 2.75) is 83.3 Å². The molecule has 4 rings (SSSR count). The minimum Gasteiger partial charge on any atom is -0.377 e. The van der Waals surface area contributed by atoms with Crippen molar-refractivity contribution in [3.63, 3.8) is 0 Å². The fourth-order valence-corrected chi connectivity index (χ4v) is 7.83. The zero-order valence-corrected chi connectivity index (χ0v) is 18.6. The van der Waals surface area contributed by atoms with Gasteiger partial charge < -0.3 is 10.0 Å². The molecule has 3 aliphatic carbocycles. The van der Waals surface area contributed by atoms with Gasteiger partial charge in [0.1, 0.15) is 5.60 Å². The van der Waals surface area contributed by atoms with E-state index < -0.39 is 5.60 Å². The van der Waals surface area contributed by atoms with Crippen LogP contribution < -0.4 is 0 Å². The molecule has 4 heteroatoms. The van der Waals surface area contributed by atoms with Gasteiger partial charge in [0, 0.05) is 36.7 Å². The number of fused-ring (bicyclic) bond motifs is 5. The van der Waals surface area contributed by atoms with Crippen LogP contribution in [0.15, 0.2) is 0 Å². The van der Waals surface area contributed by atoms with E-state index in [0.717, 1.165) is 43.9 Å². The van der Waals surface area contributed by atoms with Crippen molar-refractivity contribution < 1.29 is 9.90 Å². The third kappa shape index (κ3) is 2.75. The highest BCUT2D eigenvalue weighted by molar-refractivity contribution is 9.09. The Morgan fingerprint density at radius 3 is 2.63 bits per heavy atom. The van der Waals surface area contributed by atoms with Crippen LogP contribution in [0.1, 0.15) is 71.6 Å². The van der Waals surface area contributed by atoms with E-state index in [9.17, 15) is 9.90 Å². The quantitative estimate of drug-likeness (QED) is 0.490. The van der Waals surface area contributed by atoms with Gasteiger partial charge in [-0.3, -0.25) is 4.79 Å². The number of hydrogen-bond acceptors (Lipinski definition) is 2. The van der Waals surface area contributed by atoms with Crippen LogP contribution in [0.25, 0.3) is 0 Å². The topological polar surface area (TPSA) is 40.5 Å². The molecule has 3 nitrogen and oxygen atoms in total. The maximum atomic E-state index is 12.3. The highest BCUT2D eigenvalue weighted by Gasteiger charge is 2.64. The summed E-state index contributed by atoms with van der Waals surface area (Å²) in [5, 5.41) is 12.4. The van der Waals surface area contributed by atoms with Crippen molar-refractivity contribution in [2.24, 2.45) is 28.6 Å². The molecule has 0 radical (unpaired) electrons. The minimum absolute atomic E-state index is 0.0763. The number of likely N-dealkylation sites (tertiary alicyclic amines) is 1. The van der Waals surface area contributed by atoms with Crippen LogP contribution in [0.2, 0.25) is 0 Å². The molecular weight excluding hydrogens is 402 g/mol. The summed E-state index contributed by atoms with van der Waals surface area (Å²) in [5.74, 6) is 8.78. The standard InChI is InChI=1S/C23H34BrNO2/c1-21-12-10-20(26)25(3)19(21)7-6-16-17(21)8-13-22(2)18(16)9-14-23(22,27)11-4-5-15-24/h16-19,27H,5-10,12-15H2,1-3H3/t16-,17+,18+,19-,21-,22+,23+/m1/s1. The van der Waals surface area contributed by atoms with E-state index >= 15 is 0 Å². The van der Waals surface area contributed by atoms with Crippen molar-refractivity contribution in [2.75, 3.05) is 12.4 Å². The zero-order chi connectivity index (χ0) is 19.4. The SMILES string of the molecule is CN1C(=O)CC[C@]2(C)[C@H]3CC[C@@]4(C)[C@@H](CC[C@@]4(O)C#CCCBr)[C@@H]3CC[C@@H]12. The number of carbonyl (C=O) groups is 1. The Morgan fingerprint density at radius 1 is 1.15 bits per heavy atom. The number of amides is 1. The summed E-state index contributed by atoms with van der Waals surface area (Å²) < 4.78 is 0. The number of carbonyl (C=O) groups excluding carboxylic acids is 1. The first-order chi connectivity index (χ1) is 12.8. The molecule has 0 spiro atoms. The van der Waals surface area contributed by atoms with Crippen LogP contribution in [-0.2, 0) is 4.79 Å². The average Bonchev–Trinajstić information content (AvgIpc) is 2.90. The molecule has 1 amide bonds. The lowest BCUT2D eigenvalue weighted by atomic mass is 9.46. The number of nitrogens with zero attached hydrogens (tertiary/aromatic N) is 1. The Balaban J connectivity index is 1.62. The van der Waals surface area contributed by atoms with Gasteiger partial charge in [0.25, 0.3) is 0 Å². The van der Waals surface area contributed by atoms with Crippen LogP contribution >= 0.6 is 15.9 Å². The lowest BCUT2D eigenvalue weighted by Crippen LogP contribution is -2.62. The van der Waals surface area contributed by atoms with E-state index in [2.05, 4.69) is 46.5 Å². The molecule has 0 bridgehead atoms. The van der Waals surface area contributed by atoms with Crippen molar-refractivity contribution in [1.29, 1.82) is 0 Å². The molecule has 1 saturated heterocycles. The van der Waals surface area contributed by atoms with E-state index in [-0.39, 0.29) is 10.8 Å². The largest absolute Gasteiger partial charge is 0.377 e. The number of hydrogen-bond donors (Lipinski definition) is 1. The minimum atomic E-state index is -0.818. The molecule has 1 heterocycles. The Morgan fingerprint density at radius 2 is 1.89 bits per heavy atom. The van der Waals surface area contributed by atoms with E-state index in [1.54, 1.807) is 0 Å². The third-order valence-electron chi connectivity index (χ3n) is 9.22. The molecule has 7 atom stereocenters. The first kappa shape index (κ1) is 19.8. The van der Waals surface area contributed by atoms with Crippen LogP contribution in [0, 0.1) is 40.4 Å². The summed E-state index contributed by atoms with van der Waals surface area (Å²) in [7, 11) is 2.02. The molecule has 0 aromatic carbocycles. The highest BCUT2D eigenvalue weighted by atomic mass is 79.9. The van der Waals surface area contributed by atoms with Gasteiger partial charge in [-0.2, -0.15) is 0 Å². The molecule has 27 heavy (non-hydrogen) atoms. The highest BCUT2D eigenvalue weighted by Crippen LogP contribution is 2.66. The zero-order valence-electron chi connectivity index (χ0n) is 17.1. The predicted octanol–water partition coefficient (Wildman–Crippen LogP) is 4.37. The average molecular weight is 436 g/mol. The van der Waals surface area contributed by atoms with Crippen molar-refractivity contribution in [1.82, 2.24) is 4.90 Å². The van der Waals surface area contributed by atoms with Crippen molar-refractivity contribution in [3.05, 3.63) is 0 Å². The Bertz CT molecular complexity index is 684. The summed E-state index contributed by atoms with van der Waals surface area (Å²) in [6.45, 7) is 4.77. The van der Waals surface area contributed by atoms with Crippen LogP contribution in [0.4, 0.5) is 0 Å². The maximum Gasteiger partial charge on any atom is 0.222 e. The van der Waals surface area contributed by atoms with E-state index in [1.165, 1.54) is 12.8 Å². The molecule has 3 saturated carbocycles. The molecule has 0 aromatic heterocycles. The normalized spacial score (nSPS) is 48.9. The Labute approximate surface area is 172 Å². The monoisotopic (exact) mass is 435 g/mol. The lowest BCUT2D eigenvalue weighted by molar-refractivity contribution is -0.163. The van der Waals surface area contributed by atoms with E-state index in [4.69, 9.17) is 0 Å². The second-order valence-electron chi connectivity index (χ2n) is 10.1. The summed E-state index contributed by atoms with van der Waals surface area (Å²) in [6, 6.07) is 0.406. The number of halogens is 1. The molecule has 0 aromatic rings. The van der Waals surface area contributed by atoms with E-state index in [0.29, 0.717) is 36.1 Å². The fourth-order valence-electron chi connectivity index (χ4n) is 7.63. The van der Waals surface area contributed by atoms with Gasteiger partial charge in [-0.1, -0.05) is 41.6 Å². The summed E-state index contributed by atoms with van der Waals surface area (Å²) in [5.41, 5.74) is -0.649. The molecular formula is C23H34BrNO2. The fraction of sp³-hybridized carbons (Fsp3) is 0.870. The molecule has 150 valence electrons. The second kappa shape index (κ2) is 6.77. The smallest absolute Gasteiger partial charge is 0.222 e. The summed E-state index contributed by atoms with van der Waals surface area (Å²) >= 11 is 3.44. The number of piperidine rings is 1. The van der Waals surface area contributed by atoms with Crippen LogP contribution in [0.3, 0.4) is 0 Å². The van der Waals surface area contributed by atoms with Crippen molar-refractivity contribution in [3.8, 4) is 11.8 Å². The maximum absolute atomic E-state index is 12.3. The molecule has 4 aliphatic rings. The Hall–Kier alpha value is -0.530. The van der Waals surface area contributed by atoms with Gasteiger partial charge in [0.2, 0.25) is 5.91 Å². The van der Waals surface area contributed by atoms with E-state index in [1.807, 2.05) is 7.05 Å².